The van der Waals surface area contributed by atoms with E-state index in [1.165, 1.54) is 12.1 Å². The quantitative estimate of drug-likeness (QED) is 0.881. The van der Waals surface area contributed by atoms with E-state index in [9.17, 15) is 4.39 Å². The Hall–Kier alpha value is -1.87. The van der Waals surface area contributed by atoms with E-state index >= 15 is 0 Å². The van der Waals surface area contributed by atoms with Crippen LogP contribution in [0.25, 0.3) is 11.1 Å². The van der Waals surface area contributed by atoms with Crippen LogP contribution in [-0.2, 0) is 6.54 Å². The van der Waals surface area contributed by atoms with Crippen molar-refractivity contribution >= 4 is 0 Å². The molecule has 0 saturated heterocycles. The van der Waals surface area contributed by atoms with Gasteiger partial charge in [0.05, 0.1) is 7.11 Å². The second-order valence-corrected chi connectivity index (χ2v) is 3.75. The van der Waals surface area contributed by atoms with E-state index in [0.29, 0.717) is 6.54 Å². The molecule has 2 nitrogen and oxygen atoms in total. The number of methoxy groups -OCH3 is 1. The summed E-state index contributed by atoms with van der Waals surface area (Å²) in [7, 11) is 1.61. The Balaban J connectivity index is 2.47. The van der Waals surface area contributed by atoms with Crippen molar-refractivity contribution in [1.82, 2.24) is 0 Å². The number of ether oxygens (including phenoxy) is 1. The lowest BCUT2D eigenvalue weighted by Gasteiger charge is -2.10. The molecule has 88 valence electrons. The highest BCUT2D eigenvalue weighted by molar-refractivity contribution is 5.70. The first-order valence-electron chi connectivity index (χ1n) is 5.37. The summed E-state index contributed by atoms with van der Waals surface area (Å²) in [6, 6.07) is 12.1. The minimum absolute atomic E-state index is 0.244. The van der Waals surface area contributed by atoms with Gasteiger partial charge in [0.2, 0.25) is 0 Å². The largest absolute Gasteiger partial charge is 0.496 e. The van der Waals surface area contributed by atoms with Gasteiger partial charge < -0.3 is 10.5 Å². The molecule has 0 atom stereocenters. The van der Waals surface area contributed by atoms with E-state index in [-0.39, 0.29) is 5.82 Å². The van der Waals surface area contributed by atoms with Gasteiger partial charge in [-0.1, -0.05) is 24.3 Å². The molecule has 2 rings (SSSR count). The molecule has 17 heavy (non-hydrogen) atoms. The Morgan fingerprint density at radius 1 is 1.12 bits per heavy atom. The maximum absolute atomic E-state index is 12.9. The molecular weight excluding hydrogens is 217 g/mol. The fraction of sp³-hybridized carbons (Fsp3) is 0.143. The van der Waals surface area contributed by atoms with Gasteiger partial charge >= 0.3 is 0 Å². The number of rotatable bonds is 3. The van der Waals surface area contributed by atoms with Gasteiger partial charge in [-0.15, -0.1) is 0 Å². The predicted octanol–water partition coefficient (Wildman–Crippen LogP) is 2.96. The van der Waals surface area contributed by atoms with Crippen LogP contribution in [0.5, 0.6) is 5.75 Å². The van der Waals surface area contributed by atoms with Crippen molar-refractivity contribution in [3.05, 3.63) is 53.8 Å². The Kier molecular flexibility index (Phi) is 3.40. The van der Waals surface area contributed by atoms with Gasteiger partial charge in [-0.05, 0) is 29.3 Å². The number of nitrogens with two attached hydrogens (primary N) is 1. The standard InChI is InChI=1S/C14H14FNO/c1-17-14-8-10(9-16)2-7-13(14)11-3-5-12(15)6-4-11/h2-8H,9,16H2,1H3. The van der Waals surface area contributed by atoms with Gasteiger partial charge in [0, 0.05) is 12.1 Å². The highest BCUT2D eigenvalue weighted by Gasteiger charge is 2.06. The van der Waals surface area contributed by atoms with Crippen LogP contribution in [0, 0.1) is 5.82 Å². The van der Waals surface area contributed by atoms with Crippen molar-refractivity contribution in [2.24, 2.45) is 5.73 Å². The first-order valence-corrected chi connectivity index (χ1v) is 5.37. The van der Waals surface area contributed by atoms with Crippen LogP contribution >= 0.6 is 0 Å². The number of hydrogen-bond acceptors (Lipinski definition) is 2. The van der Waals surface area contributed by atoms with Crippen LogP contribution in [0.15, 0.2) is 42.5 Å². The molecule has 0 amide bonds. The molecule has 0 unspecified atom stereocenters. The average Bonchev–Trinajstić information content (AvgIpc) is 2.39. The zero-order chi connectivity index (χ0) is 12.3. The SMILES string of the molecule is COc1cc(CN)ccc1-c1ccc(F)cc1. The molecule has 0 fully saturated rings. The third-order valence-corrected chi connectivity index (χ3v) is 2.66. The lowest BCUT2D eigenvalue weighted by molar-refractivity contribution is 0.416. The van der Waals surface area contributed by atoms with E-state index in [1.54, 1.807) is 19.2 Å². The maximum Gasteiger partial charge on any atom is 0.127 e. The van der Waals surface area contributed by atoms with Crippen molar-refractivity contribution in [3.63, 3.8) is 0 Å². The van der Waals surface area contributed by atoms with Crippen molar-refractivity contribution in [1.29, 1.82) is 0 Å². The summed E-state index contributed by atoms with van der Waals surface area (Å²) in [5.41, 5.74) is 8.44. The van der Waals surface area contributed by atoms with Gasteiger partial charge in [0.15, 0.2) is 0 Å². The fourth-order valence-corrected chi connectivity index (χ4v) is 1.73. The van der Waals surface area contributed by atoms with Crippen molar-refractivity contribution < 1.29 is 9.13 Å². The molecule has 0 aliphatic rings. The normalized spacial score (nSPS) is 10.3. The number of hydrogen-bond donors (Lipinski definition) is 1. The zero-order valence-corrected chi connectivity index (χ0v) is 9.61. The van der Waals surface area contributed by atoms with Crippen LogP contribution in [0.4, 0.5) is 4.39 Å². The Morgan fingerprint density at radius 2 is 1.82 bits per heavy atom. The van der Waals surface area contributed by atoms with Gasteiger partial charge in [0.1, 0.15) is 11.6 Å². The Labute approximate surface area is 99.8 Å². The van der Waals surface area contributed by atoms with E-state index in [2.05, 4.69) is 0 Å². The van der Waals surface area contributed by atoms with Crippen molar-refractivity contribution in [2.75, 3.05) is 7.11 Å². The van der Waals surface area contributed by atoms with Crippen LogP contribution in [0.3, 0.4) is 0 Å². The fourth-order valence-electron chi connectivity index (χ4n) is 1.73. The van der Waals surface area contributed by atoms with E-state index in [0.717, 1.165) is 22.4 Å². The third-order valence-electron chi connectivity index (χ3n) is 2.66. The molecule has 0 bridgehead atoms. The Bertz CT molecular complexity index is 508. The lowest BCUT2D eigenvalue weighted by atomic mass is 10.0. The monoisotopic (exact) mass is 231 g/mol. The van der Waals surface area contributed by atoms with Gasteiger partial charge in [-0.2, -0.15) is 0 Å². The molecule has 3 heteroatoms. The molecule has 2 N–H and O–H groups in total. The van der Waals surface area contributed by atoms with E-state index in [4.69, 9.17) is 10.5 Å². The summed E-state index contributed by atoms with van der Waals surface area (Å²) in [5.74, 6) is 0.505. The average molecular weight is 231 g/mol. The first kappa shape index (κ1) is 11.6. The number of halogens is 1. The van der Waals surface area contributed by atoms with Crippen molar-refractivity contribution in [2.45, 2.75) is 6.54 Å². The molecule has 0 heterocycles. The molecule has 0 saturated carbocycles. The molecule has 0 aromatic heterocycles. The third kappa shape index (κ3) is 2.45. The summed E-state index contributed by atoms with van der Waals surface area (Å²) >= 11 is 0. The maximum atomic E-state index is 12.9. The van der Waals surface area contributed by atoms with Gasteiger partial charge in [0.25, 0.3) is 0 Å². The van der Waals surface area contributed by atoms with Crippen LogP contribution in [0.1, 0.15) is 5.56 Å². The first-order chi connectivity index (χ1) is 8.24. The lowest BCUT2D eigenvalue weighted by Crippen LogP contribution is -1.97. The molecular formula is C14H14FNO. The molecule has 2 aromatic carbocycles. The predicted molar refractivity (Wildman–Crippen MR) is 66.3 cm³/mol. The second kappa shape index (κ2) is 4.97. The minimum Gasteiger partial charge on any atom is -0.496 e. The summed E-state index contributed by atoms with van der Waals surface area (Å²) in [5, 5.41) is 0. The second-order valence-electron chi connectivity index (χ2n) is 3.75. The number of benzene rings is 2. The minimum atomic E-state index is -0.244. The summed E-state index contributed by atoms with van der Waals surface area (Å²) in [6.07, 6.45) is 0. The van der Waals surface area contributed by atoms with Gasteiger partial charge in [-0.25, -0.2) is 4.39 Å². The highest BCUT2D eigenvalue weighted by atomic mass is 19.1. The molecule has 0 spiro atoms. The topological polar surface area (TPSA) is 35.2 Å². The summed E-state index contributed by atoms with van der Waals surface area (Å²) in [6.45, 7) is 0.472. The summed E-state index contributed by atoms with van der Waals surface area (Å²) < 4.78 is 18.2. The van der Waals surface area contributed by atoms with E-state index in [1.807, 2.05) is 18.2 Å². The van der Waals surface area contributed by atoms with E-state index < -0.39 is 0 Å². The van der Waals surface area contributed by atoms with Crippen molar-refractivity contribution in [3.8, 4) is 16.9 Å². The zero-order valence-electron chi connectivity index (χ0n) is 9.61. The molecule has 0 aliphatic carbocycles. The highest BCUT2D eigenvalue weighted by Crippen LogP contribution is 2.30. The smallest absolute Gasteiger partial charge is 0.127 e. The van der Waals surface area contributed by atoms with Crippen LogP contribution in [0.2, 0.25) is 0 Å². The summed E-state index contributed by atoms with van der Waals surface area (Å²) in [4.78, 5) is 0. The van der Waals surface area contributed by atoms with Gasteiger partial charge in [-0.3, -0.25) is 0 Å². The molecule has 2 aromatic rings. The molecule has 0 aliphatic heterocycles. The van der Waals surface area contributed by atoms with Crippen LogP contribution < -0.4 is 10.5 Å². The molecule has 0 radical (unpaired) electrons. The van der Waals surface area contributed by atoms with Crippen LogP contribution in [-0.4, -0.2) is 7.11 Å². The Morgan fingerprint density at radius 3 is 2.41 bits per heavy atom.